The average Bonchev–Trinajstić information content (AvgIpc) is 2.75. The van der Waals surface area contributed by atoms with E-state index in [-0.39, 0.29) is 5.91 Å². The van der Waals surface area contributed by atoms with E-state index in [1.807, 2.05) is 86.7 Å². The van der Waals surface area contributed by atoms with E-state index >= 15 is 0 Å². The van der Waals surface area contributed by atoms with Gasteiger partial charge in [-0.15, -0.1) is 0 Å². The Morgan fingerprint density at radius 2 is 1.57 bits per heavy atom. The van der Waals surface area contributed by atoms with Crippen LogP contribution in [0.4, 0.5) is 0 Å². The Morgan fingerprint density at radius 1 is 0.900 bits per heavy atom. The second-order valence-corrected chi connectivity index (χ2v) is 7.12. The molecule has 3 rings (SSSR count). The first-order chi connectivity index (χ1) is 14.5. The molecule has 30 heavy (non-hydrogen) atoms. The monoisotopic (exact) mass is 401 g/mol. The molecule has 0 aromatic heterocycles. The summed E-state index contributed by atoms with van der Waals surface area (Å²) < 4.78 is 11.0. The van der Waals surface area contributed by atoms with Crippen molar-refractivity contribution in [3.8, 4) is 11.5 Å². The van der Waals surface area contributed by atoms with E-state index in [4.69, 9.17) is 9.47 Å². The Bertz CT molecular complexity index is 988. The molecule has 4 nitrogen and oxygen atoms in total. The standard InChI is InChI=1S/C26H27NO3/c1-19-15-20(2)17-24(16-19)30-14-13-27-26(28)25(22-7-5-4-6-8-22)18-21-9-11-23(29-3)12-10-21/h4-12,15-18H,13-14H2,1-3H3,(H,27,28)/b25-18+. The van der Waals surface area contributed by atoms with Crippen LogP contribution in [-0.4, -0.2) is 26.2 Å². The molecule has 1 N–H and O–H groups in total. The van der Waals surface area contributed by atoms with Crippen molar-refractivity contribution in [2.24, 2.45) is 0 Å². The average molecular weight is 402 g/mol. The van der Waals surface area contributed by atoms with Crippen molar-refractivity contribution in [2.75, 3.05) is 20.3 Å². The number of ether oxygens (including phenoxy) is 2. The molecule has 0 radical (unpaired) electrons. The third-order valence-corrected chi connectivity index (χ3v) is 4.61. The Balaban J connectivity index is 1.68. The number of nitrogens with one attached hydrogen (secondary N) is 1. The molecule has 0 atom stereocenters. The number of amides is 1. The third-order valence-electron chi connectivity index (χ3n) is 4.61. The largest absolute Gasteiger partial charge is 0.497 e. The molecular formula is C26H27NO3. The number of aryl methyl sites for hydroxylation is 2. The molecule has 0 fully saturated rings. The first-order valence-corrected chi connectivity index (χ1v) is 9.95. The van der Waals surface area contributed by atoms with Crippen LogP contribution in [0.2, 0.25) is 0 Å². The van der Waals surface area contributed by atoms with Crippen LogP contribution in [0.5, 0.6) is 11.5 Å². The Hall–Kier alpha value is -3.53. The maximum atomic E-state index is 12.9. The highest BCUT2D eigenvalue weighted by Gasteiger charge is 2.12. The SMILES string of the molecule is COc1ccc(/C=C(/C(=O)NCCOc2cc(C)cc(C)c2)c2ccccc2)cc1. The summed E-state index contributed by atoms with van der Waals surface area (Å²) in [6.45, 7) is 4.90. The number of hydrogen-bond donors (Lipinski definition) is 1. The van der Waals surface area contributed by atoms with Gasteiger partial charge in [0.2, 0.25) is 0 Å². The van der Waals surface area contributed by atoms with E-state index in [2.05, 4.69) is 11.4 Å². The maximum absolute atomic E-state index is 12.9. The van der Waals surface area contributed by atoms with Gasteiger partial charge in [0.05, 0.1) is 13.7 Å². The van der Waals surface area contributed by atoms with Crippen LogP contribution < -0.4 is 14.8 Å². The van der Waals surface area contributed by atoms with Crippen LogP contribution >= 0.6 is 0 Å². The van der Waals surface area contributed by atoms with Gasteiger partial charge in [-0.1, -0.05) is 48.5 Å². The fraction of sp³-hybridized carbons (Fsp3) is 0.192. The minimum absolute atomic E-state index is 0.138. The smallest absolute Gasteiger partial charge is 0.252 e. The van der Waals surface area contributed by atoms with Crippen molar-refractivity contribution in [3.05, 3.63) is 95.1 Å². The maximum Gasteiger partial charge on any atom is 0.252 e. The second kappa shape index (κ2) is 10.3. The van der Waals surface area contributed by atoms with Crippen LogP contribution in [0.3, 0.4) is 0 Å². The van der Waals surface area contributed by atoms with Gasteiger partial charge < -0.3 is 14.8 Å². The molecule has 0 aliphatic carbocycles. The molecule has 0 aliphatic heterocycles. The number of hydrogen-bond acceptors (Lipinski definition) is 3. The zero-order chi connectivity index (χ0) is 21.3. The fourth-order valence-corrected chi connectivity index (χ4v) is 3.21. The summed E-state index contributed by atoms with van der Waals surface area (Å²) in [6, 6.07) is 23.4. The Labute approximate surface area is 178 Å². The summed E-state index contributed by atoms with van der Waals surface area (Å²) in [5.74, 6) is 1.46. The first kappa shape index (κ1) is 21.2. The summed E-state index contributed by atoms with van der Waals surface area (Å²) in [4.78, 5) is 12.9. The van der Waals surface area contributed by atoms with E-state index < -0.39 is 0 Å². The van der Waals surface area contributed by atoms with Gasteiger partial charge in [-0.3, -0.25) is 4.79 Å². The molecule has 0 unspecified atom stereocenters. The lowest BCUT2D eigenvalue weighted by Crippen LogP contribution is -2.28. The molecule has 0 saturated heterocycles. The molecule has 1 amide bonds. The van der Waals surface area contributed by atoms with Gasteiger partial charge in [-0.2, -0.15) is 0 Å². The summed E-state index contributed by atoms with van der Waals surface area (Å²) >= 11 is 0. The summed E-state index contributed by atoms with van der Waals surface area (Å²) in [6.07, 6.45) is 1.88. The van der Waals surface area contributed by atoms with Crippen LogP contribution in [0.25, 0.3) is 11.6 Å². The Kier molecular flexibility index (Phi) is 7.28. The third kappa shape index (κ3) is 5.98. The summed E-state index contributed by atoms with van der Waals surface area (Å²) in [5, 5.41) is 2.97. The normalized spacial score (nSPS) is 11.1. The lowest BCUT2D eigenvalue weighted by Gasteiger charge is -2.12. The summed E-state index contributed by atoms with van der Waals surface area (Å²) in [5.41, 5.74) is 4.70. The summed E-state index contributed by atoms with van der Waals surface area (Å²) in [7, 11) is 1.63. The van der Waals surface area contributed by atoms with Crippen molar-refractivity contribution in [1.82, 2.24) is 5.32 Å². The minimum atomic E-state index is -0.138. The first-order valence-electron chi connectivity index (χ1n) is 9.95. The highest BCUT2D eigenvalue weighted by molar-refractivity contribution is 6.24. The molecule has 3 aromatic rings. The van der Waals surface area contributed by atoms with Crippen molar-refractivity contribution >= 4 is 17.6 Å². The molecule has 0 spiro atoms. The predicted molar refractivity (Wildman–Crippen MR) is 122 cm³/mol. The molecule has 0 heterocycles. The van der Waals surface area contributed by atoms with Crippen LogP contribution in [0.1, 0.15) is 22.3 Å². The van der Waals surface area contributed by atoms with E-state index in [1.165, 1.54) is 0 Å². The van der Waals surface area contributed by atoms with Crippen molar-refractivity contribution in [1.29, 1.82) is 0 Å². The number of carbonyl (C=O) groups is 1. The van der Waals surface area contributed by atoms with E-state index in [9.17, 15) is 4.79 Å². The fourth-order valence-electron chi connectivity index (χ4n) is 3.21. The number of methoxy groups -OCH3 is 1. The van der Waals surface area contributed by atoms with Gasteiger partial charge in [0, 0.05) is 5.57 Å². The number of benzene rings is 3. The van der Waals surface area contributed by atoms with Crippen molar-refractivity contribution in [2.45, 2.75) is 13.8 Å². The lowest BCUT2D eigenvalue weighted by molar-refractivity contribution is -0.115. The highest BCUT2D eigenvalue weighted by atomic mass is 16.5. The van der Waals surface area contributed by atoms with Gasteiger partial charge in [-0.05, 0) is 66.4 Å². The topological polar surface area (TPSA) is 47.6 Å². The molecule has 0 bridgehead atoms. The van der Waals surface area contributed by atoms with Gasteiger partial charge in [0.15, 0.2) is 0 Å². The van der Waals surface area contributed by atoms with Gasteiger partial charge >= 0.3 is 0 Å². The number of carbonyl (C=O) groups excluding carboxylic acids is 1. The van der Waals surface area contributed by atoms with E-state index in [0.29, 0.717) is 18.7 Å². The van der Waals surface area contributed by atoms with Crippen molar-refractivity contribution < 1.29 is 14.3 Å². The van der Waals surface area contributed by atoms with Crippen molar-refractivity contribution in [3.63, 3.8) is 0 Å². The van der Waals surface area contributed by atoms with Crippen LogP contribution in [0.15, 0.2) is 72.8 Å². The second-order valence-electron chi connectivity index (χ2n) is 7.12. The molecule has 3 aromatic carbocycles. The van der Waals surface area contributed by atoms with Gasteiger partial charge in [0.25, 0.3) is 5.91 Å². The zero-order valence-corrected chi connectivity index (χ0v) is 17.6. The minimum Gasteiger partial charge on any atom is -0.497 e. The van der Waals surface area contributed by atoms with Crippen LogP contribution in [0, 0.1) is 13.8 Å². The molecule has 0 saturated carbocycles. The predicted octanol–water partition coefficient (Wildman–Crippen LogP) is 5.05. The van der Waals surface area contributed by atoms with E-state index in [0.717, 1.165) is 33.8 Å². The quantitative estimate of drug-likeness (QED) is 0.326. The molecule has 154 valence electrons. The van der Waals surface area contributed by atoms with Gasteiger partial charge in [-0.25, -0.2) is 0 Å². The zero-order valence-electron chi connectivity index (χ0n) is 17.6. The number of rotatable bonds is 8. The highest BCUT2D eigenvalue weighted by Crippen LogP contribution is 2.20. The molecule has 4 heteroatoms. The Morgan fingerprint density at radius 3 is 2.20 bits per heavy atom. The van der Waals surface area contributed by atoms with Crippen LogP contribution in [-0.2, 0) is 4.79 Å². The lowest BCUT2D eigenvalue weighted by atomic mass is 10.0. The van der Waals surface area contributed by atoms with Gasteiger partial charge in [0.1, 0.15) is 18.1 Å². The molecule has 0 aliphatic rings. The van der Waals surface area contributed by atoms with E-state index in [1.54, 1.807) is 7.11 Å². The molecular weight excluding hydrogens is 374 g/mol.